The number of nitrogens with one attached hydrogen (secondary N) is 1. The minimum Gasteiger partial charge on any atom is -0.394 e. The second-order valence-electron chi connectivity index (χ2n) is 8.02. The maximum absolute atomic E-state index is 12.9. The lowest BCUT2D eigenvalue weighted by Gasteiger charge is -2.29. The van der Waals surface area contributed by atoms with Gasteiger partial charge >= 0.3 is 0 Å². The lowest BCUT2D eigenvalue weighted by molar-refractivity contribution is 0.267. The van der Waals surface area contributed by atoms with Crippen LogP contribution in [0.25, 0.3) is 0 Å². The van der Waals surface area contributed by atoms with Gasteiger partial charge in [0.15, 0.2) is 0 Å². The van der Waals surface area contributed by atoms with Crippen LogP contribution in [0.5, 0.6) is 5.75 Å². The van der Waals surface area contributed by atoms with Gasteiger partial charge in [0.2, 0.25) is 10.0 Å². The second-order valence-corrected chi connectivity index (χ2v) is 10.3. The Labute approximate surface area is 193 Å². The highest BCUT2D eigenvalue weighted by Gasteiger charge is 2.38. The summed E-state index contributed by atoms with van der Waals surface area (Å²) in [7, 11) is 0.197. The molecule has 3 unspecified atom stereocenters. The molecule has 10 heteroatoms. The van der Waals surface area contributed by atoms with Gasteiger partial charge in [-0.3, -0.25) is 0 Å². The summed E-state index contributed by atoms with van der Waals surface area (Å²) in [5.41, 5.74) is 1.76. The van der Waals surface area contributed by atoms with Crippen molar-refractivity contribution in [1.29, 1.82) is 0 Å². The number of aliphatic imine (C=N–C) groups is 2. The van der Waals surface area contributed by atoms with E-state index < -0.39 is 20.8 Å². The summed E-state index contributed by atoms with van der Waals surface area (Å²) >= 11 is 6.49. The van der Waals surface area contributed by atoms with Crippen LogP contribution in [0.2, 0.25) is 0 Å². The molecule has 4 rings (SSSR count). The van der Waals surface area contributed by atoms with Gasteiger partial charge in [-0.05, 0) is 49.2 Å². The predicted octanol–water partition coefficient (Wildman–Crippen LogP) is 3.28. The monoisotopic (exact) mass is 475 g/mol. The van der Waals surface area contributed by atoms with Crippen LogP contribution in [0, 0.1) is 0 Å². The molecule has 0 aliphatic carbocycles. The molecule has 170 valence electrons. The second kappa shape index (κ2) is 9.19. The van der Waals surface area contributed by atoms with Crippen molar-refractivity contribution in [2.45, 2.75) is 30.1 Å². The van der Waals surface area contributed by atoms with Gasteiger partial charge in [-0.15, -0.1) is 0 Å². The molecule has 0 aromatic heterocycles. The van der Waals surface area contributed by atoms with Gasteiger partial charge in [0.25, 0.3) is 0 Å². The Hall–Kier alpha value is -2.46. The summed E-state index contributed by atoms with van der Waals surface area (Å²) in [5.74, 6) is 1.04. The largest absolute Gasteiger partial charge is 0.394 e. The zero-order chi connectivity index (χ0) is 22.9. The zero-order valence-electron chi connectivity index (χ0n) is 18.1. The maximum Gasteiger partial charge on any atom is 0.249 e. The Morgan fingerprint density at radius 2 is 1.97 bits per heavy atom. The minimum absolute atomic E-state index is 0.0437. The lowest BCUT2D eigenvalue weighted by Crippen LogP contribution is -2.45. The average Bonchev–Trinajstić information content (AvgIpc) is 3.08. The number of sulfonamides is 1. The first-order chi connectivity index (χ1) is 15.3. The third-order valence-corrected chi connectivity index (χ3v) is 7.50. The molecule has 0 saturated carbocycles. The number of halogens is 1. The Balaban J connectivity index is 1.53. The van der Waals surface area contributed by atoms with Crippen LogP contribution < -0.4 is 9.72 Å². The van der Waals surface area contributed by atoms with Gasteiger partial charge in [0, 0.05) is 12.1 Å². The SMILES string of the molecule is CCC(c1ccccc1)S(=O)(=O)NOc1ccc2c(c1)C1=NC(Cl)C(CN(C)C)N1C=N2. The predicted molar refractivity (Wildman–Crippen MR) is 127 cm³/mol. The third kappa shape index (κ3) is 4.52. The molecule has 8 nitrogen and oxygen atoms in total. The van der Waals surface area contributed by atoms with Crippen LogP contribution >= 0.6 is 11.6 Å². The summed E-state index contributed by atoms with van der Waals surface area (Å²) in [6, 6.07) is 14.2. The van der Waals surface area contributed by atoms with E-state index in [9.17, 15) is 8.42 Å². The van der Waals surface area contributed by atoms with E-state index in [4.69, 9.17) is 16.4 Å². The van der Waals surface area contributed by atoms with Gasteiger partial charge in [0.05, 0.1) is 18.1 Å². The van der Waals surface area contributed by atoms with E-state index in [1.165, 1.54) is 0 Å². The number of likely N-dealkylation sites (N-methyl/N-ethyl adjacent to an activating group) is 1. The van der Waals surface area contributed by atoms with Gasteiger partial charge in [-0.1, -0.05) is 48.9 Å². The van der Waals surface area contributed by atoms with Crippen LogP contribution in [0.1, 0.15) is 29.7 Å². The molecule has 0 fully saturated rings. The Morgan fingerprint density at radius 1 is 1.22 bits per heavy atom. The topological polar surface area (TPSA) is 86.6 Å². The van der Waals surface area contributed by atoms with Crippen LogP contribution in [-0.4, -0.2) is 62.6 Å². The van der Waals surface area contributed by atoms with E-state index in [2.05, 4.69) is 14.9 Å². The van der Waals surface area contributed by atoms with Crippen molar-refractivity contribution >= 4 is 39.5 Å². The highest BCUT2D eigenvalue weighted by molar-refractivity contribution is 7.89. The first-order valence-electron chi connectivity index (χ1n) is 10.4. The van der Waals surface area contributed by atoms with Crippen molar-refractivity contribution in [3.05, 3.63) is 59.7 Å². The van der Waals surface area contributed by atoms with Gasteiger partial charge in [-0.2, -0.15) is 0 Å². The van der Waals surface area contributed by atoms with E-state index >= 15 is 0 Å². The summed E-state index contributed by atoms with van der Waals surface area (Å²) in [4.78, 5) is 20.9. The number of alkyl halides is 1. The molecule has 0 saturated heterocycles. The van der Waals surface area contributed by atoms with Crippen LogP contribution in [0.3, 0.4) is 0 Å². The highest BCUT2D eigenvalue weighted by Crippen LogP contribution is 2.34. The number of fused-ring (bicyclic) bond motifs is 3. The number of amidine groups is 1. The lowest BCUT2D eigenvalue weighted by atomic mass is 10.1. The van der Waals surface area contributed by atoms with Crippen molar-refractivity contribution in [2.75, 3.05) is 20.6 Å². The molecule has 2 aliphatic heterocycles. The summed E-state index contributed by atoms with van der Waals surface area (Å²) in [6.45, 7) is 2.55. The molecule has 2 aliphatic rings. The summed E-state index contributed by atoms with van der Waals surface area (Å²) < 4.78 is 25.8. The molecule has 0 spiro atoms. The fraction of sp³-hybridized carbons (Fsp3) is 0.364. The number of nitrogens with zero attached hydrogens (tertiary/aromatic N) is 4. The molecule has 3 atom stereocenters. The van der Waals surface area contributed by atoms with Crippen LogP contribution in [0.15, 0.2) is 58.5 Å². The highest BCUT2D eigenvalue weighted by atomic mass is 35.5. The van der Waals surface area contributed by atoms with Crippen LogP contribution in [-0.2, 0) is 10.0 Å². The fourth-order valence-electron chi connectivity index (χ4n) is 3.92. The standard InChI is InChI=1S/C22H26ClN5O3S/c1-4-20(15-8-6-5-7-9-15)32(29,30)26-31-16-10-11-18-17(12-16)22-25-21(23)19(13-27(2)3)28(22)14-24-18/h5-12,14,19-21,26H,4,13H2,1-3H3. The molecular weight excluding hydrogens is 450 g/mol. The van der Waals surface area contributed by atoms with E-state index in [1.54, 1.807) is 36.7 Å². The Bertz CT molecular complexity index is 1140. The summed E-state index contributed by atoms with van der Waals surface area (Å²) in [6.07, 6.45) is 2.16. The van der Waals surface area contributed by atoms with Gasteiger partial charge in [0.1, 0.15) is 22.3 Å². The molecular formula is C22H26ClN5O3S. The van der Waals surface area contributed by atoms with Crippen molar-refractivity contribution in [1.82, 2.24) is 14.7 Å². The van der Waals surface area contributed by atoms with E-state index in [0.717, 1.165) is 17.8 Å². The van der Waals surface area contributed by atoms with Gasteiger partial charge < -0.3 is 14.6 Å². The van der Waals surface area contributed by atoms with Crippen molar-refractivity contribution in [3.63, 3.8) is 0 Å². The number of benzene rings is 2. The molecule has 2 aromatic carbocycles. The summed E-state index contributed by atoms with van der Waals surface area (Å²) in [5, 5.41) is -0.718. The normalized spacial score (nSPS) is 20.7. The molecule has 1 N–H and O–H groups in total. The van der Waals surface area contributed by atoms with E-state index in [1.807, 2.05) is 49.0 Å². The first kappa shape index (κ1) is 22.7. The number of hydrogen-bond donors (Lipinski definition) is 1. The van der Waals surface area contributed by atoms with Gasteiger partial charge in [-0.25, -0.2) is 18.4 Å². The Kier molecular flexibility index (Phi) is 6.52. The number of rotatable bonds is 8. The third-order valence-electron chi connectivity index (χ3n) is 5.44. The average molecular weight is 476 g/mol. The molecule has 0 radical (unpaired) electrons. The molecule has 0 amide bonds. The molecule has 2 aromatic rings. The minimum atomic E-state index is -3.76. The number of hydrogen-bond acceptors (Lipinski definition) is 7. The van der Waals surface area contributed by atoms with Crippen molar-refractivity contribution in [3.8, 4) is 5.75 Å². The van der Waals surface area contributed by atoms with E-state index in [0.29, 0.717) is 23.6 Å². The zero-order valence-corrected chi connectivity index (χ0v) is 19.7. The molecule has 32 heavy (non-hydrogen) atoms. The quantitative estimate of drug-likeness (QED) is 0.359. The smallest absolute Gasteiger partial charge is 0.249 e. The molecule has 2 heterocycles. The van der Waals surface area contributed by atoms with E-state index in [-0.39, 0.29) is 6.04 Å². The fourth-order valence-corrected chi connectivity index (χ4v) is 5.49. The maximum atomic E-state index is 12.9. The first-order valence-corrected chi connectivity index (χ1v) is 12.3. The van der Waals surface area contributed by atoms with Crippen LogP contribution in [0.4, 0.5) is 5.69 Å². The Morgan fingerprint density at radius 3 is 2.66 bits per heavy atom. The molecule has 0 bridgehead atoms. The van der Waals surface area contributed by atoms with Crippen molar-refractivity contribution < 1.29 is 13.3 Å². The van der Waals surface area contributed by atoms with Crippen molar-refractivity contribution in [2.24, 2.45) is 9.98 Å².